The Morgan fingerprint density at radius 2 is 0.676 bits per heavy atom. The molecule has 4 aromatic heterocycles. The zero-order valence-electron chi connectivity index (χ0n) is 36.5. The monoisotopic (exact) mass is 870 g/mol. The minimum atomic E-state index is 0.528. The predicted molar refractivity (Wildman–Crippen MR) is 275 cm³/mol. The van der Waals surface area contributed by atoms with E-state index in [1.807, 2.05) is 91.0 Å². The summed E-state index contributed by atoms with van der Waals surface area (Å²) < 4.78 is 4.59. The first kappa shape index (κ1) is 39.0. The Bertz CT molecular complexity index is 3960. The fourth-order valence-electron chi connectivity index (χ4n) is 9.61. The van der Waals surface area contributed by atoms with E-state index in [9.17, 15) is 0 Å². The van der Waals surface area contributed by atoms with Crippen molar-refractivity contribution in [3.8, 4) is 79.7 Å². The van der Waals surface area contributed by atoms with Crippen LogP contribution in [-0.2, 0) is 0 Å². The van der Waals surface area contributed by atoms with Gasteiger partial charge in [0.2, 0.25) is 5.95 Å². The number of hydrogen-bond donors (Lipinski definition) is 0. The molecule has 0 amide bonds. The first-order chi connectivity index (χ1) is 33.7. The molecule has 0 unspecified atom stereocenters. The lowest BCUT2D eigenvalue weighted by atomic mass is 9.99. The van der Waals surface area contributed by atoms with Crippen LogP contribution < -0.4 is 0 Å². The third-order valence-corrected chi connectivity index (χ3v) is 12.7. The van der Waals surface area contributed by atoms with E-state index < -0.39 is 0 Å². The van der Waals surface area contributed by atoms with Gasteiger partial charge in [-0.05, 0) is 41.5 Å². The van der Waals surface area contributed by atoms with Crippen molar-refractivity contribution in [1.29, 1.82) is 0 Å². The van der Waals surface area contributed by atoms with Gasteiger partial charge in [-0.1, -0.05) is 200 Å². The molecule has 0 aliphatic carbocycles. The van der Waals surface area contributed by atoms with Crippen LogP contribution in [0.1, 0.15) is 0 Å². The lowest BCUT2D eigenvalue weighted by Gasteiger charge is -2.15. The van der Waals surface area contributed by atoms with E-state index in [0.717, 1.165) is 88.2 Å². The maximum Gasteiger partial charge on any atom is 0.238 e. The second kappa shape index (κ2) is 16.2. The Morgan fingerprint density at radius 3 is 1.29 bits per heavy atom. The Kier molecular flexibility index (Phi) is 9.31. The van der Waals surface area contributed by atoms with Gasteiger partial charge in [0, 0.05) is 49.4 Å². The lowest BCUT2D eigenvalue weighted by molar-refractivity contribution is 0.955. The molecule has 0 saturated carbocycles. The van der Waals surface area contributed by atoms with E-state index >= 15 is 0 Å². The van der Waals surface area contributed by atoms with Crippen LogP contribution >= 0.6 is 0 Å². The Morgan fingerprint density at radius 1 is 0.250 bits per heavy atom. The number of aromatic nitrogens is 8. The normalized spacial score (nSPS) is 11.5. The van der Waals surface area contributed by atoms with E-state index in [4.69, 9.17) is 29.9 Å². The third-order valence-electron chi connectivity index (χ3n) is 12.7. The van der Waals surface area contributed by atoms with Crippen LogP contribution in [0.15, 0.2) is 231 Å². The minimum Gasteiger partial charge on any atom is -0.308 e. The molecule has 0 fully saturated rings. The van der Waals surface area contributed by atoms with E-state index in [2.05, 4.69) is 149 Å². The summed E-state index contributed by atoms with van der Waals surface area (Å²) in [5.74, 6) is 3.50. The zero-order chi connectivity index (χ0) is 45.0. The smallest absolute Gasteiger partial charge is 0.238 e. The van der Waals surface area contributed by atoms with Crippen LogP contribution in [-0.4, -0.2) is 39.0 Å². The standard InChI is InChI=1S/C60H38N8/c1-5-21-39(22-6-1)43-29-13-14-31-46(43)58-64-57(42-27-11-4-12-28-42)65-60(66-58)68-49-34-18-15-30-44(49)45-37-38-52-53(54(45)68)47-32-16-19-35-50(47)67(52)51-36-20-17-33-48(51)59-62-55(40-23-7-2-8-24-40)61-56(63-59)41-25-9-3-10-26-41/h1-38H. The van der Waals surface area contributed by atoms with Crippen molar-refractivity contribution in [3.63, 3.8) is 0 Å². The molecule has 8 heteroatoms. The van der Waals surface area contributed by atoms with Gasteiger partial charge < -0.3 is 4.57 Å². The van der Waals surface area contributed by atoms with Crippen LogP contribution in [0.2, 0.25) is 0 Å². The molecular weight excluding hydrogens is 833 g/mol. The molecule has 0 spiro atoms. The highest BCUT2D eigenvalue weighted by Crippen LogP contribution is 2.43. The summed E-state index contributed by atoms with van der Waals surface area (Å²) in [4.78, 5) is 31.4. The number of hydrogen-bond acceptors (Lipinski definition) is 6. The Labute approximate surface area is 391 Å². The number of para-hydroxylation sites is 3. The molecule has 4 heterocycles. The Balaban J connectivity index is 1.10. The van der Waals surface area contributed by atoms with E-state index in [1.54, 1.807) is 0 Å². The molecular formula is C60H38N8. The lowest BCUT2D eigenvalue weighted by Crippen LogP contribution is -2.07. The maximum atomic E-state index is 5.44. The van der Waals surface area contributed by atoms with Gasteiger partial charge in [-0.15, -0.1) is 0 Å². The first-order valence-corrected chi connectivity index (χ1v) is 22.6. The topological polar surface area (TPSA) is 87.2 Å². The molecule has 9 aromatic carbocycles. The molecule has 13 rings (SSSR count). The number of fused-ring (bicyclic) bond motifs is 7. The molecule has 68 heavy (non-hydrogen) atoms. The van der Waals surface area contributed by atoms with Gasteiger partial charge >= 0.3 is 0 Å². The summed E-state index contributed by atoms with van der Waals surface area (Å²) in [5.41, 5.74) is 11.6. The van der Waals surface area contributed by atoms with Crippen LogP contribution in [0.4, 0.5) is 0 Å². The van der Waals surface area contributed by atoms with Crippen molar-refractivity contribution < 1.29 is 0 Å². The van der Waals surface area contributed by atoms with Crippen LogP contribution in [0.3, 0.4) is 0 Å². The average molecular weight is 871 g/mol. The number of nitrogens with zero attached hydrogens (tertiary/aromatic N) is 8. The van der Waals surface area contributed by atoms with Gasteiger partial charge in [0.1, 0.15) is 0 Å². The molecule has 8 nitrogen and oxygen atoms in total. The first-order valence-electron chi connectivity index (χ1n) is 22.6. The highest BCUT2D eigenvalue weighted by Gasteiger charge is 2.25. The van der Waals surface area contributed by atoms with Gasteiger partial charge in [0.15, 0.2) is 29.1 Å². The highest BCUT2D eigenvalue weighted by atomic mass is 15.2. The van der Waals surface area contributed by atoms with Crippen LogP contribution in [0.25, 0.3) is 123 Å². The van der Waals surface area contributed by atoms with Gasteiger partial charge in [-0.3, -0.25) is 4.57 Å². The maximum absolute atomic E-state index is 5.44. The average Bonchev–Trinajstić information content (AvgIpc) is 3.94. The Hall–Kier alpha value is -9.40. The summed E-state index contributed by atoms with van der Waals surface area (Å²) in [6.45, 7) is 0. The summed E-state index contributed by atoms with van der Waals surface area (Å²) in [6.07, 6.45) is 0. The highest BCUT2D eigenvalue weighted by molar-refractivity contribution is 6.26. The quantitative estimate of drug-likeness (QED) is 0.151. The zero-order valence-corrected chi connectivity index (χ0v) is 36.5. The van der Waals surface area contributed by atoms with E-state index in [1.165, 1.54) is 0 Å². The van der Waals surface area contributed by atoms with Gasteiger partial charge in [-0.25, -0.2) is 19.9 Å². The number of benzene rings is 9. The van der Waals surface area contributed by atoms with Crippen molar-refractivity contribution >= 4 is 43.6 Å². The molecule has 0 bridgehead atoms. The number of rotatable bonds is 8. The van der Waals surface area contributed by atoms with Gasteiger partial charge in [-0.2, -0.15) is 9.97 Å². The second-order valence-electron chi connectivity index (χ2n) is 16.7. The van der Waals surface area contributed by atoms with Gasteiger partial charge in [0.25, 0.3) is 0 Å². The van der Waals surface area contributed by atoms with Crippen LogP contribution in [0.5, 0.6) is 0 Å². The molecule has 0 N–H and O–H groups in total. The molecule has 0 saturated heterocycles. The minimum absolute atomic E-state index is 0.528. The molecule has 318 valence electrons. The molecule has 13 aromatic rings. The third kappa shape index (κ3) is 6.54. The van der Waals surface area contributed by atoms with Crippen molar-refractivity contribution in [1.82, 2.24) is 39.0 Å². The van der Waals surface area contributed by atoms with Crippen molar-refractivity contribution in [3.05, 3.63) is 231 Å². The molecule has 0 atom stereocenters. The fourth-order valence-corrected chi connectivity index (χ4v) is 9.61. The molecule has 0 aliphatic heterocycles. The summed E-state index contributed by atoms with van der Waals surface area (Å²) >= 11 is 0. The van der Waals surface area contributed by atoms with Crippen molar-refractivity contribution in [2.45, 2.75) is 0 Å². The summed E-state index contributed by atoms with van der Waals surface area (Å²) in [6, 6.07) is 79.2. The second-order valence-corrected chi connectivity index (χ2v) is 16.7. The SMILES string of the molecule is c1ccc(-c2nc(-c3ccccc3)nc(-c3ccccc3-n3c4ccccc4c4c3ccc3c5ccccc5n(-c5nc(-c6ccccc6)nc(-c6ccccc6-c6ccccc6)n5)c34)n2)cc1. The largest absolute Gasteiger partial charge is 0.308 e. The van der Waals surface area contributed by atoms with E-state index in [-0.39, 0.29) is 0 Å². The van der Waals surface area contributed by atoms with Crippen molar-refractivity contribution in [2.75, 3.05) is 0 Å². The summed E-state index contributed by atoms with van der Waals surface area (Å²) in [5, 5.41) is 4.35. The summed E-state index contributed by atoms with van der Waals surface area (Å²) in [7, 11) is 0. The van der Waals surface area contributed by atoms with Crippen molar-refractivity contribution in [2.24, 2.45) is 0 Å². The predicted octanol–water partition coefficient (Wildman–Crippen LogP) is 14.3. The fraction of sp³-hybridized carbons (Fsp3) is 0. The van der Waals surface area contributed by atoms with Crippen LogP contribution in [0, 0.1) is 0 Å². The van der Waals surface area contributed by atoms with E-state index in [0.29, 0.717) is 35.1 Å². The molecule has 0 radical (unpaired) electrons. The van der Waals surface area contributed by atoms with Gasteiger partial charge in [0.05, 0.1) is 27.8 Å². The molecule has 0 aliphatic rings.